The van der Waals surface area contributed by atoms with Gasteiger partial charge in [0, 0.05) is 44.9 Å². The molecule has 34 heavy (non-hydrogen) atoms. The number of nitrogens with zero attached hydrogens (tertiary/aromatic N) is 1. The van der Waals surface area contributed by atoms with Gasteiger partial charge >= 0.3 is 0 Å². The number of carbonyl (C=O) groups excluding carboxylic acids is 3. The first-order chi connectivity index (χ1) is 16.3. The third-order valence-corrected chi connectivity index (χ3v) is 6.81. The normalized spacial score (nSPS) is 21.1. The number of rotatable bonds is 18. The van der Waals surface area contributed by atoms with Crippen LogP contribution in [0.1, 0.15) is 79.1 Å². The van der Waals surface area contributed by atoms with Crippen LogP contribution in [0.2, 0.25) is 0 Å². The molecule has 2 N–H and O–H groups in total. The fourth-order valence-corrected chi connectivity index (χ4v) is 4.40. The number of piperidine rings is 1. The first-order valence-corrected chi connectivity index (χ1v) is 13.2. The van der Waals surface area contributed by atoms with Crippen molar-refractivity contribution in [1.82, 2.24) is 15.5 Å². The molecule has 1 rings (SSSR count). The summed E-state index contributed by atoms with van der Waals surface area (Å²) < 4.78 is 11.0. The number of carbonyl (C=O) groups is 3. The Labute approximate surface area is 206 Å². The van der Waals surface area contributed by atoms with E-state index >= 15 is 0 Å². The van der Waals surface area contributed by atoms with Gasteiger partial charge in [-0.2, -0.15) is 0 Å². The quantitative estimate of drug-likeness (QED) is 0.292. The highest BCUT2D eigenvalue weighted by Crippen LogP contribution is 2.31. The van der Waals surface area contributed by atoms with E-state index in [2.05, 4.69) is 31.4 Å². The SMILES string of the molecule is CCCCC(=O)NCCOCCOCCN(C)C(=O)CCCCC(C)C1CC(C)C(=O)NC1C. The van der Waals surface area contributed by atoms with Crippen molar-refractivity contribution >= 4 is 17.7 Å². The van der Waals surface area contributed by atoms with Gasteiger partial charge in [0.2, 0.25) is 17.7 Å². The second-order valence-corrected chi connectivity index (χ2v) is 9.81. The highest BCUT2D eigenvalue weighted by atomic mass is 16.5. The van der Waals surface area contributed by atoms with E-state index < -0.39 is 0 Å². The molecular formula is C26H49N3O5. The van der Waals surface area contributed by atoms with Crippen LogP contribution in [0.15, 0.2) is 0 Å². The van der Waals surface area contributed by atoms with E-state index in [1.165, 1.54) is 0 Å². The molecule has 1 saturated heterocycles. The molecule has 198 valence electrons. The lowest BCUT2D eigenvalue weighted by Gasteiger charge is -2.37. The van der Waals surface area contributed by atoms with Crippen LogP contribution in [-0.4, -0.2) is 75.2 Å². The van der Waals surface area contributed by atoms with Gasteiger partial charge < -0.3 is 25.0 Å². The number of amides is 3. The number of ether oxygens (including phenoxy) is 2. The summed E-state index contributed by atoms with van der Waals surface area (Å²) in [5, 5.41) is 5.93. The Bertz CT molecular complexity index is 601. The van der Waals surface area contributed by atoms with Crippen molar-refractivity contribution in [3.05, 3.63) is 0 Å². The monoisotopic (exact) mass is 483 g/mol. The molecule has 0 radical (unpaired) electrons. The highest BCUT2D eigenvalue weighted by Gasteiger charge is 2.33. The number of hydrogen-bond acceptors (Lipinski definition) is 5. The van der Waals surface area contributed by atoms with E-state index in [0.29, 0.717) is 64.2 Å². The fourth-order valence-electron chi connectivity index (χ4n) is 4.40. The van der Waals surface area contributed by atoms with Crippen LogP contribution in [0, 0.1) is 17.8 Å². The van der Waals surface area contributed by atoms with Gasteiger partial charge in [0.25, 0.3) is 0 Å². The molecule has 1 fully saturated rings. The van der Waals surface area contributed by atoms with Gasteiger partial charge in [-0.15, -0.1) is 0 Å². The molecule has 4 atom stereocenters. The minimum Gasteiger partial charge on any atom is -0.377 e. The van der Waals surface area contributed by atoms with Crippen molar-refractivity contribution in [3.8, 4) is 0 Å². The zero-order chi connectivity index (χ0) is 25.3. The zero-order valence-electron chi connectivity index (χ0n) is 22.2. The van der Waals surface area contributed by atoms with Crippen molar-refractivity contribution < 1.29 is 23.9 Å². The van der Waals surface area contributed by atoms with Crippen LogP contribution in [0.4, 0.5) is 0 Å². The van der Waals surface area contributed by atoms with Crippen molar-refractivity contribution in [2.45, 2.75) is 85.1 Å². The Hall–Kier alpha value is -1.67. The van der Waals surface area contributed by atoms with Gasteiger partial charge in [0.1, 0.15) is 0 Å². The van der Waals surface area contributed by atoms with Crippen LogP contribution in [-0.2, 0) is 23.9 Å². The number of nitrogens with one attached hydrogen (secondary N) is 2. The summed E-state index contributed by atoms with van der Waals surface area (Å²) >= 11 is 0. The van der Waals surface area contributed by atoms with E-state index in [0.717, 1.165) is 38.5 Å². The summed E-state index contributed by atoms with van der Waals surface area (Å²) in [5.41, 5.74) is 0. The largest absolute Gasteiger partial charge is 0.377 e. The first-order valence-electron chi connectivity index (χ1n) is 13.2. The molecule has 4 unspecified atom stereocenters. The third-order valence-electron chi connectivity index (χ3n) is 6.81. The molecule has 8 nitrogen and oxygen atoms in total. The predicted molar refractivity (Wildman–Crippen MR) is 134 cm³/mol. The van der Waals surface area contributed by atoms with Crippen LogP contribution in [0.25, 0.3) is 0 Å². The molecule has 1 aliphatic rings. The lowest BCUT2D eigenvalue weighted by atomic mass is 9.76. The van der Waals surface area contributed by atoms with E-state index in [4.69, 9.17) is 9.47 Å². The molecule has 3 amide bonds. The Morgan fingerprint density at radius 2 is 1.79 bits per heavy atom. The number of likely N-dealkylation sites (N-methyl/N-ethyl adjacent to an activating group) is 1. The van der Waals surface area contributed by atoms with Crippen molar-refractivity contribution in [2.24, 2.45) is 17.8 Å². The van der Waals surface area contributed by atoms with Crippen molar-refractivity contribution in [1.29, 1.82) is 0 Å². The van der Waals surface area contributed by atoms with Gasteiger partial charge in [0.05, 0.1) is 26.4 Å². The molecule has 0 saturated carbocycles. The van der Waals surface area contributed by atoms with Gasteiger partial charge in [-0.25, -0.2) is 0 Å². The van der Waals surface area contributed by atoms with E-state index in [1.54, 1.807) is 4.90 Å². The molecule has 1 aliphatic heterocycles. The average Bonchev–Trinajstić information content (AvgIpc) is 2.81. The van der Waals surface area contributed by atoms with Crippen LogP contribution in [0.3, 0.4) is 0 Å². The molecule has 0 aromatic carbocycles. The Morgan fingerprint density at radius 3 is 2.50 bits per heavy atom. The lowest BCUT2D eigenvalue weighted by Crippen LogP contribution is -2.49. The summed E-state index contributed by atoms with van der Waals surface area (Å²) in [6.45, 7) is 11.4. The maximum absolute atomic E-state index is 12.3. The van der Waals surface area contributed by atoms with E-state index in [9.17, 15) is 14.4 Å². The van der Waals surface area contributed by atoms with Gasteiger partial charge in [-0.3, -0.25) is 14.4 Å². The first kappa shape index (κ1) is 30.4. The van der Waals surface area contributed by atoms with E-state index in [1.807, 2.05) is 14.0 Å². The standard InChI is InChI=1S/C26H49N3O5/c1-6-7-11-24(30)27-13-15-33-17-18-34-16-14-29(5)25(31)12-9-8-10-20(2)23-19-21(3)26(32)28-22(23)4/h20-23H,6-19H2,1-5H3,(H,27,30)(H,28,32). The minimum absolute atomic E-state index is 0.0763. The number of hydrogen-bond donors (Lipinski definition) is 2. The minimum atomic E-state index is 0.0763. The predicted octanol–water partition coefficient (Wildman–Crippen LogP) is 3.14. The lowest BCUT2D eigenvalue weighted by molar-refractivity contribution is -0.131. The maximum atomic E-state index is 12.3. The van der Waals surface area contributed by atoms with Crippen molar-refractivity contribution in [2.75, 3.05) is 46.6 Å². The smallest absolute Gasteiger partial charge is 0.223 e. The molecule has 0 aromatic heterocycles. The summed E-state index contributed by atoms with van der Waals surface area (Å²) in [6.07, 6.45) is 7.02. The third kappa shape index (κ3) is 12.7. The molecule has 0 spiro atoms. The van der Waals surface area contributed by atoms with E-state index in [-0.39, 0.29) is 29.7 Å². The Morgan fingerprint density at radius 1 is 1.09 bits per heavy atom. The zero-order valence-corrected chi connectivity index (χ0v) is 22.2. The maximum Gasteiger partial charge on any atom is 0.223 e. The second kappa shape index (κ2) is 17.7. The molecule has 1 heterocycles. The summed E-state index contributed by atoms with van der Waals surface area (Å²) in [7, 11) is 1.82. The van der Waals surface area contributed by atoms with Crippen molar-refractivity contribution in [3.63, 3.8) is 0 Å². The van der Waals surface area contributed by atoms with Crippen LogP contribution < -0.4 is 10.6 Å². The molecule has 0 bridgehead atoms. The molecular weight excluding hydrogens is 434 g/mol. The number of unbranched alkanes of at least 4 members (excludes halogenated alkanes) is 2. The topological polar surface area (TPSA) is 97.0 Å². The summed E-state index contributed by atoms with van der Waals surface area (Å²) in [6, 6.07) is 0.230. The Kier molecular flexibility index (Phi) is 15.8. The fraction of sp³-hybridized carbons (Fsp3) is 0.885. The van der Waals surface area contributed by atoms with Crippen LogP contribution >= 0.6 is 0 Å². The summed E-state index contributed by atoms with van der Waals surface area (Å²) in [4.78, 5) is 37.3. The highest BCUT2D eigenvalue weighted by molar-refractivity contribution is 5.79. The average molecular weight is 484 g/mol. The van der Waals surface area contributed by atoms with Gasteiger partial charge in [-0.05, 0) is 38.0 Å². The molecule has 0 aliphatic carbocycles. The van der Waals surface area contributed by atoms with Gasteiger partial charge in [-0.1, -0.05) is 40.0 Å². The van der Waals surface area contributed by atoms with Crippen LogP contribution in [0.5, 0.6) is 0 Å². The van der Waals surface area contributed by atoms with Gasteiger partial charge in [0.15, 0.2) is 0 Å². The molecule has 0 aromatic rings. The summed E-state index contributed by atoms with van der Waals surface area (Å²) in [5.74, 6) is 1.54. The Balaban J connectivity index is 2.00. The molecule has 8 heteroatoms. The second-order valence-electron chi connectivity index (χ2n) is 9.81.